The zero-order chi connectivity index (χ0) is 24.4. The number of hydrogen-bond acceptors (Lipinski definition) is 7. The van der Waals surface area contributed by atoms with E-state index < -0.39 is 38.9 Å². The van der Waals surface area contributed by atoms with E-state index in [1.54, 1.807) is 18.2 Å². The molecule has 33 heavy (non-hydrogen) atoms. The Morgan fingerprint density at radius 2 is 2.09 bits per heavy atom. The second-order valence-corrected chi connectivity index (χ2v) is 10.6. The third-order valence-corrected chi connectivity index (χ3v) is 8.09. The first kappa shape index (κ1) is 24.4. The molecule has 1 aromatic heterocycles. The van der Waals surface area contributed by atoms with Crippen molar-refractivity contribution < 1.29 is 31.5 Å². The Morgan fingerprint density at radius 3 is 2.70 bits per heavy atom. The fourth-order valence-corrected chi connectivity index (χ4v) is 4.87. The molecule has 0 aliphatic carbocycles. The number of sulfone groups is 1. The molecular weight excluding hydrogens is 458 g/mol. The van der Waals surface area contributed by atoms with Crippen LogP contribution in [0.1, 0.15) is 42.2 Å². The Labute approximate surface area is 189 Å². The molecule has 2 heterocycles. The second kappa shape index (κ2) is 9.30. The molecular formula is C21H24F2N4O5S. The highest BCUT2D eigenvalue weighted by Gasteiger charge is 2.40. The molecule has 4 N–H and O–H groups in total. The lowest BCUT2D eigenvalue weighted by Crippen LogP contribution is -2.47. The Balaban J connectivity index is 1.79. The number of ether oxygens (including phenoxy) is 2. The molecule has 1 unspecified atom stereocenters. The minimum atomic E-state index is -3.76. The molecule has 1 aliphatic heterocycles. The molecule has 0 radical (unpaired) electrons. The summed E-state index contributed by atoms with van der Waals surface area (Å²) in [6, 6.07) is 7.30. The number of anilines is 1. The number of rotatable bonds is 8. The van der Waals surface area contributed by atoms with Crippen molar-refractivity contribution in [2.75, 3.05) is 17.7 Å². The van der Waals surface area contributed by atoms with Gasteiger partial charge in [-0.25, -0.2) is 13.4 Å². The maximum absolute atomic E-state index is 12.9. The van der Waals surface area contributed by atoms with Gasteiger partial charge in [0.1, 0.15) is 27.8 Å². The molecule has 1 amide bonds. The number of alkyl halides is 2. The van der Waals surface area contributed by atoms with Gasteiger partial charge in [0, 0.05) is 17.2 Å². The van der Waals surface area contributed by atoms with E-state index in [9.17, 15) is 22.0 Å². The summed E-state index contributed by atoms with van der Waals surface area (Å²) in [5.41, 5.74) is 6.47. The van der Waals surface area contributed by atoms with Crippen LogP contribution < -0.4 is 20.5 Å². The monoisotopic (exact) mass is 482 g/mol. The summed E-state index contributed by atoms with van der Waals surface area (Å²) in [5.74, 6) is -1.35. The highest BCUT2D eigenvalue weighted by molar-refractivity contribution is 7.93. The van der Waals surface area contributed by atoms with Crippen LogP contribution in [0.15, 0.2) is 36.5 Å². The van der Waals surface area contributed by atoms with Crippen molar-refractivity contribution in [3.05, 3.63) is 47.8 Å². The van der Waals surface area contributed by atoms with Crippen LogP contribution in [0.2, 0.25) is 0 Å². The van der Waals surface area contributed by atoms with E-state index in [-0.39, 0.29) is 17.2 Å². The standard InChI is InChI=1S/C21H24F2N4O5S/c1-21(2,19(24)25)33(29,30)11-12-7-8-31-17-6-3-13(9-15(12)17)27-18(28)16-5-4-14(10-26-16)32-20(22)23/h3-6,9-10,12,20H,7-8,11H2,1-2H3,(H3,24,25)(H,27,28). The highest BCUT2D eigenvalue weighted by Crippen LogP contribution is 2.38. The van der Waals surface area contributed by atoms with Crippen LogP contribution >= 0.6 is 0 Å². The lowest BCUT2D eigenvalue weighted by atomic mass is 9.94. The van der Waals surface area contributed by atoms with Gasteiger partial charge < -0.3 is 20.5 Å². The molecule has 9 nitrogen and oxygen atoms in total. The smallest absolute Gasteiger partial charge is 0.387 e. The third-order valence-electron chi connectivity index (χ3n) is 5.47. The number of halogens is 2. The predicted molar refractivity (Wildman–Crippen MR) is 118 cm³/mol. The summed E-state index contributed by atoms with van der Waals surface area (Å²) in [4.78, 5) is 16.3. The first-order valence-corrected chi connectivity index (χ1v) is 11.6. The van der Waals surface area contributed by atoms with Gasteiger partial charge in [-0.3, -0.25) is 10.2 Å². The Morgan fingerprint density at radius 1 is 1.36 bits per heavy atom. The second-order valence-electron chi connectivity index (χ2n) is 8.00. The summed E-state index contributed by atoms with van der Waals surface area (Å²) >= 11 is 0. The van der Waals surface area contributed by atoms with E-state index >= 15 is 0 Å². The molecule has 3 rings (SSSR count). The number of nitrogens with two attached hydrogens (primary N) is 1. The molecule has 0 bridgehead atoms. The molecule has 0 saturated carbocycles. The van der Waals surface area contributed by atoms with Crippen molar-refractivity contribution in [1.82, 2.24) is 4.98 Å². The van der Waals surface area contributed by atoms with Crippen molar-refractivity contribution in [3.8, 4) is 11.5 Å². The van der Waals surface area contributed by atoms with Crippen LogP contribution in [0.4, 0.5) is 14.5 Å². The molecule has 12 heteroatoms. The van der Waals surface area contributed by atoms with Gasteiger partial charge in [-0.15, -0.1) is 0 Å². The molecule has 178 valence electrons. The average Bonchev–Trinajstić information content (AvgIpc) is 2.73. The van der Waals surface area contributed by atoms with Crippen molar-refractivity contribution in [1.29, 1.82) is 5.41 Å². The average molecular weight is 483 g/mol. The zero-order valence-electron chi connectivity index (χ0n) is 18.0. The highest BCUT2D eigenvalue weighted by atomic mass is 32.2. The van der Waals surface area contributed by atoms with Gasteiger partial charge in [-0.2, -0.15) is 8.78 Å². The number of nitrogens with zero attached hydrogens (tertiary/aromatic N) is 1. The van der Waals surface area contributed by atoms with E-state index in [4.69, 9.17) is 15.9 Å². The summed E-state index contributed by atoms with van der Waals surface area (Å²) < 4.78 is 58.7. The van der Waals surface area contributed by atoms with Gasteiger partial charge in [-0.05, 0) is 50.6 Å². The first-order chi connectivity index (χ1) is 15.4. The van der Waals surface area contributed by atoms with Crippen LogP contribution in [0.25, 0.3) is 0 Å². The number of nitrogens with one attached hydrogen (secondary N) is 2. The van der Waals surface area contributed by atoms with E-state index in [0.717, 1.165) is 6.20 Å². The number of benzene rings is 1. The zero-order valence-corrected chi connectivity index (χ0v) is 18.8. The molecule has 2 aromatic rings. The first-order valence-electron chi connectivity index (χ1n) is 9.96. The van der Waals surface area contributed by atoms with Crippen molar-refractivity contribution >= 4 is 27.3 Å². The molecule has 1 aliphatic rings. The van der Waals surface area contributed by atoms with E-state index in [0.29, 0.717) is 30.0 Å². The fourth-order valence-electron chi connectivity index (χ4n) is 3.24. The lowest BCUT2D eigenvalue weighted by molar-refractivity contribution is -0.0500. The molecule has 0 saturated heterocycles. The number of amidine groups is 1. The maximum atomic E-state index is 12.9. The number of aromatic nitrogens is 1. The van der Waals surface area contributed by atoms with Gasteiger partial charge >= 0.3 is 6.61 Å². The van der Waals surface area contributed by atoms with Gasteiger partial charge in [0.25, 0.3) is 5.91 Å². The Kier molecular flexibility index (Phi) is 6.86. The number of hydrogen-bond donors (Lipinski definition) is 3. The van der Waals surface area contributed by atoms with Crippen LogP contribution in [-0.2, 0) is 9.84 Å². The summed E-state index contributed by atoms with van der Waals surface area (Å²) in [7, 11) is -3.76. The predicted octanol–water partition coefficient (Wildman–Crippen LogP) is 2.93. The number of carbonyl (C=O) groups is 1. The van der Waals surface area contributed by atoms with Gasteiger partial charge in [0.05, 0.1) is 18.6 Å². The van der Waals surface area contributed by atoms with Crippen LogP contribution in [0.3, 0.4) is 0 Å². The SMILES string of the molecule is CC(C)(C(=N)N)S(=O)(=O)CC1CCOc2ccc(NC(=O)c3ccc(OC(F)F)cn3)cc21. The van der Waals surface area contributed by atoms with Crippen LogP contribution in [0.5, 0.6) is 11.5 Å². The quantitative estimate of drug-likeness (QED) is 0.387. The van der Waals surface area contributed by atoms with Crippen molar-refractivity contribution in [2.45, 2.75) is 37.5 Å². The minimum Gasteiger partial charge on any atom is -0.493 e. The van der Waals surface area contributed by atoms with E-state index in [1.807, 2.05) is 0 Å². The molecule has 1 aromatic carbocycles. The fraction of sp³-hybridized carbons (Fsp3) is 0.381. The number of amides is 1. The van der Waals surface area contributed by atoms with Gasteiger partial charge in [0.2, 0.25) is 0 Å². The number of pyridine rings is 1. The van der Waals surface area contributed by atoms with Crippen molar-refractivity contribution in [2.24, 2.45) is 5.73 Å². The van der Waals surface area contributed by atoms with E-state index in [1.165, 1.54) is 26.0 Å². The summed E-state index contributed by atoms with van der Waals surface area (Å²) in [5, 5.41) is 10.3. The van der Waals surface area contributed by atoms with Crippen LogP contribution in [-0.4, -0.2) is 48.9 Å². The number of carbonyl (C=O) groups excluding carboxylic acids is 1. The molecule has 0 spiro atoms. The summed E-state index contributed by atoms with van der Waals surface area (Å²) in [6.45, 7) is 0.122. The normalized spacial score (nSPS) is 16.0. The largest absolute Gasteiger partial charge is 0.493 e. The Hall–Kier alpha value is -3.28. The topological polar surface area (TPSA) is 144 Å². The Bertz CT molecular complexity index is 1150. The van der Waals surface area contributed by atoms with E-state index in [2.05, 4.69) is 15.0 Å². The number of fused-ring (bicyclic) bond motifs is 1. The molecule has 1 atom stereocenters. The lowest BCUT2D eigenvalue weighted by Gasteiger charge is -2.30. The van der Waals surface area contributed by atoms with Crippen molar-refractivity contribution in [3.63, 3.8) is 0 Å². The molecule has 0 fully saturated rings. The minimum absolute atomic E-state index is 0.0204. The van der Waals surface area contributed by atoms with Crippen LogP contribution in [0, 0.1) is 5.41 Å². The van der Waals surface area contributed by atoms with Gasteiger partial charge in [-0.1, -0.05) is 0 Å². The maximum Gasteiger partial charge on any atom is 0.387 e. The van der Waals surface area contributed by atoms with Gasteiger partial charge in [0.15, 0.2) is 9.84 Å². The summed E-state index contributed by atoms with van der Waals surface area (Å²) in [6.07, 6.45) is 1.45. The third kappa shape index (κ3) is 5.38.